The van der Waals surface area contributed by atoms with Crippen molar-refractivity contribution in [3.05, 3.63) is 88.3 Å². The van der Waals surface area contributed by atoms with Crippen LogP contribution in [0.15, 0.2) is 73.2 Å². The second kappa shape index (κ2) is 11.5. The van der Waals surface area contributed by atoms with Gasteiger partial charge in [-0.05, 0) is 30.3 Å². The van der Waals surface area contributed by atoms with Crippen molar-refractivity contribution in [3.63, 3.8) is 0 Å². The molecule has 4 rings (SSSR count). The maximum atomic E-state index is 11.7. The van der Waals surface area contributed by atoms with E-state index in [0.717, 1.165) is 13.0 Å². The van der Waals surface area contributed by atoms with Gasteiger partial charge in [-0.1, -0.05) is 17.7 Å². The average molecular weight is 501 g/mol. The lowest BCUT2D eigenvalue weighted by Crippen LogP contribution is -3.00. The quantitative estimate of drug-likeness (QED) is 0.164. The van der Waals surface area contributed by atoms with Crippen LogP contribution in [0.2, 0.25) is 5.02 Å². The lowest BCUT2D eigenvalue weighted by atomic mass is 10.1. The van der Waals surface area contributed by atoms with Crippen LogP contribution in [0.1, 0.15) is 6.42 Å². The number of aromatic nitrogens is 2. The topological polar surface area (TPSA) is 90.4 Å². The van der Waals surface area contributed by atoms with Crippen LogP contribution in [-0.4, -0.2) is 23.6 Å². The molecule has 0 aliphatic carbocycles. The predicted molar refractivity (Wildman–Crippen MR) is 126 cm³/mol. The first-order chi connectivity index (χ1) is 16.0. The molecule has 0 aliphatic heterocycles. The number of nitrogens with zero attached hydrogens (tertiary/aromatic N) is 3. The highest BCUT2D eigenvalue weighted by molar-refractivity contribution is 6.30. The summed E-state index contributed by atoms with van der Waals surface area (Å²) in [5.74, 6) is 0.998. The van der Waals surface area contributed by atoms with Crippen molar-refractivity contribution in [2.24, 2.45) is 0 Å². The monoisotopic (exact) mass is 500 g/mol. The Hall–Kier alpha value is -3.62. The summed E-state index contributed by atoms with van der Waals surface area (Å²) in [5, 5.41) is 15.9. The molecule has 0 spiro atoms. The van der Waals surface area contributed by atoms with Gasteiger partial charge in [0.1, 0.15) is 11.9 Å². The van der Waals surface area contributed by atoms with E-state index in [4.69, 9.17) is 21.1 Å². The number of halogens is 2. The number of fused-ring (bicyclic) bond motifs is 1. The van der Waals surface area contributed by atoms with Crippen molar-refractivity contribution in [3.8, 4) is 11.5 Å². The van der Waals surface area contributed by atoms with Gasteiger partial charge in [0.2, 0.25) is 0 Å². The van der Waals surface area contributed by atoms with Gasteiger partial charge in [0.05, 0.1) is 24.2 Å². The number of benzene rings is 2. The van der Waals surface area contributed by atoms with Crippen LogP contribution in [0.3, 0.4) is 0 Å². The number of nitro groups is 1. The van der Waals surface area contributed by atoms with E-state index < -0.39 is 4.92 Å². The molecule has 0 fully saturated rings. The van der Waals surface area contributed by atoms with Crippen molar-refractivity contribution in [2.45, 2.75) is 13.0 Å². The van der Waals surface area contributed by atoms with Crippen molar-refractivity contribution < 1.29 is 31.4 Å². The Bertz CT molecular complexity index is 1270. The molecule has 176 valence electrons. The SMILES string of the molecule is COc1cc2c(Nc3ccc(Cl)cc3)c([N+](=O)[O-])cnc2cc1OCCC[n+]1ccccc1.[Cl-]. The lowest BCUT2D eigenvalue weighted by Gasteiger charge is -2.14. The first-order valence-electron chi connectivity index (χ1n) is 10.3. The smallest absolute Gasteiger partial charge is 0.311 e. The Morgan fingerprint density at radius 3 is 2.53 bits per heavy atom. The molecule has 34 heavy (non-hydrogen) atoms. The number of rotatable bonds is 9. The third-order valence-electron chi connectivity index (χ3n) is 5.04. The van der Waals surface area contributed by atoms with Gasteiger partial charge in [-0.15, -0.1) is 0 Å². The van der Waals surface area contributed by atoms with E-state index in [2.05, 4.69) is 14.9 Å². The number of hydrogen-bond acceptors (Lipinski definition) is 6. The number of hydrogen-bond donors (Lipinski definition) is 1. The van der Waals surface area contributed by atoms with Crippen LogP contribution < -0.4 is 31.8 Å². The summed E-state index contributed by atoms with van der Waals surface area (Å²) in [7, 11) is 1.53. The third kappa shape index (κ3) is 5.84. The van der Waals surface area contributed by atoms with Crippen LogP contribution >= 0.6 is 11.6 Å². The summed E-state index contributed by atoms with van der Waals surface area (Å²) >= 11 is 5.96. The molecule has 0 bridgehead atoms. The van der Waals surface area contributed by atoms with E-state index in [0.29, 0.717) is 45.4 Å². The molecule has 2 heterocycles. The second-order valence-electron chi connectivity index (χ2n) is 7.24. The van der Waals surface area contributed by atoms with E-state index >= 15 is 0 Å². The molecule has 8 nitrogen and oxygen atoms in total. The zero-order valence-electron chi connectivity index (χ0n) is 18.3. The van der Waals surface area contributed by atoms with Crippen molar-refractivity contribution in [2.75, 3.05) is 19.0 Å². The maximum absolute atomic E-state index is 11.7. The van der Waals surface area contributed by atoms with Crippen LogP contribution in [0.5, 0.6) is 11.5 Å². The highest BCUT2D eigenvalue weighted by Crippen LogP contribution is 2.39. The largest absolute Gasteiger partial charge is 1.00 e. The number of aryl methyl sites for hydroxylation is 1. The summed E-state index contributed by atoms with van der Waals surface area (Å²) in [6.45, 7) is 1.29. The van der Waals surface area contributed by atoms with Crippen molar-refractivity contribution in [1.29, 1.82) is 0 Å². The standard InChI is InChI=1S/C24H22ClN4O4.ClH/c1-32-22-14-19-20(15-23(22)33-13-5-12-28-10-3-2-4-11-28)26-16-21(29(30)31)24(19)27-18-8-6-17(25)7-9-18;/h2-4,6-11,14-16H,5,12-13H2,1H3,(H,26,27);1H/q+1;/p-1. The van der Waals surface area contributed by atoms with E-state index in [9.17, 15) is 10.1 Å². The van der Waals surface area contributed by atoms with Gasteiger partial charge in [-0.3, -0.25) is 10.1 Å². The molecule has 0 amide bonds. The van der Waals surface area contributed by atoms with Crippen LogP contribution in [-0.2, 0) is 6.54 Å². The fourth-order valence-corrected chi connectivity index (χ4v) is 3.55. The number of ether oxygens (including phenoxy) is 2. The molecule has 0 saturated carbocycles. The van der Waals surface area contributed by atoms with E-state index in [1.54, 1.807) is 36.4 Å². The second-order valence-corrected chi connectivity index (χ2v) is 7.68. The zero-order chi connectivity index (χ0) is 23.2. The Balaban J connectivity index is 0.00000324. The molecule has 0 aliphatic rings. The van der Waals surface area contributed by atoms with Gasteiger partial charge in [-0.2, -0.15) is 0 Å². The molecular formula is C24H22Cl2N4O4. The predicted octanol–water partition coefficient (Wildman–Crippen LogP) is 2.31. The molecule has 2 aromatic carbocycles. The van der Waals surface area contributed by atoms with Gasteiger partial charge in [0, 0.05) is 40.7 Å². The van der Waals surface area contributed by atoms with Gasteiger partial charge in [0.15, 0.2) is 30.4 Å². The minimum absolute atomic E-state index is 0. The summed E-state index contributed by atoms with van der Waals surface area (Å²) < 4.78 is 13.6. The molecule has 2 aromatic heterocycles. The van der Waals surface area contributed by atoms with Gasteiger partial charge < -0.3 is 27.2 Å². The van der Waals surface area contributed by atoms with Crippen LogP contribution in [0, 0.1) is 10.1 Å². The third-order valence-corrected chi connectivity index (χ3v) is 5.29. The number of anilines is 2. The average Bonchev–Trinajstić information content (AvgIpc) is 2.83. The molecule has 0 unspecified atom stereocenters. The zero-order valence-corrected chi connectivity index (χ0v) is 19.8. The minimum atomic E-state index is -0.469. The summed E-state index contributed by atoms with van der Waals surface area (Å²) in [6, 6.07) is 16.3. The molecule has 4 aromatic rings. The summed E-state index contributed by atoms with van der Waals surface area (Å²) in [4.78, 5) is 15.5. The first kappa shape index (κ1) is 25.0. The minimum Gasteiger partial charge on any atom is -1.00 e. The van der Waals surface area contributed by atoms with Crippen molar-refractivity contribution in [1.82, 2.24) is 4.98 Å². The fourth-order valence-electron chi connectivity index (χ4n) is 3.42. The number of nitrogens with one attached hydrogen (secondary N) is 1. The normalized spacial score (nSPS) is 10.4. The van der Waals surface area contributed by atoms with Gasteiger partial charge in [0.25, 0.3) is 0 Å². The number of pyridine rings is 2. The van der Waals surface area contributed by atoms with Crippen molar-refractivity contribution >= 4 is 39.6 Å². The fraction of sp³-hybridized carbons (Fsp3) is 0.167. The highest BCUT2D eigenvalue weighted by Gasteiger charge is 2.21. The highest BCUT2D eigenvalue weighted by atomic mass is 35.5. The molecule has 0 saturated heterocycles. The van der Waals surface area contributed by atoms with Crippen LogP contribution in [0.4, 0.5) is 17.1 Å². The van der Waals surface area contributed by atoms with E-state index in [1.165, 1.54) is 13.3 Å². The summed E-state index contributed by atoms with van der Waals surface area (Å²) in [5.41, 5.74) is 1.38. The molecule has 0 radical (unpaired) electrons. The molecule has 10 heteroatoms. The molecule has 1 N–H and O–H groups in total. The maximum Gasteiger partial charge on any atom is 0.311 e. The van der Waals surface area contributed by atoms with Crippen LogP contribution in [0.25, 0.3) is 10.9 Å². The lowest BCUT2D eigenvalue weighted by molar-refractivity contribution is -0.697. The van der Waals surface area contributed by atoms with Gasteiger partial charge >= 0.3 is 5.69 Å². The Labute approximate surface area is 207 Å². The first-order valence-corrected chi connectivity index (χ1v) is 10.7. The Morgan fingerprint density at radius 2 is 1.85 bits per heavy atom. The Kier molecular flexibility index (Phi) is 8.45. The molecule has 0 atom stereocenters. The Morgan fingerprint density at radius 1 is 1.12 bits per heavy atom. The molecular weight excluding hydrogens is 479 g/mol. The van der Waals surface area contributed by atoms with E-state index in [-0.39, 0.29) is 18.1 Å². The number of methoxy groups -OCH3 is 1. The summed E-state index contributed by atoms with van der Waals surface area (Å²) in [6.07, 6.45) is 6.04. The van der Waals surface area contributed by atoms with E-state index in [1.807, 2.05) is 30.6 Å². The van der Waals surface area contributed by atoms with Gasteiger partial charge in [-0.25, -0.2) is 9.55 Å².